The van der Waals surface area contributed by atoms with E-state index in [4.69, 9.17) is 16.3 Å². The second kappa shape index (κ2) is 11.0. The minimum atomic E-state index is -0.296. The SMILES string of the molecule is CCCCCCOc1ccc(Br)cc1/C=N/NC(=O)c1ccc(Cl)cc1. The zero-order valence-electron chi connectivity index (χ0n) is 14.7. The third-order valence-corrected chi connectivity index (χ3v) is 4.45. The van der Waals surface area contributed by atoms with Crippen molar-refractivity contribution in [3.63, 3.8) is 0 Å². The van der Waals surface area contributed by atoms with Crippen molar-refractivity contribution < 1.29 is 9.53 Å². The van der Waals surface area contributed by atoms with E-state index in [9.17, 15) is 4.79 Å². The Bertz CT molecular complexity index is 748. The van der Waals surface area contributed by atoms with Crippen LogP contribution in [-0.4, -0.2) is 18.7 Å². The first kappa shape index (κ1) is 20.5. The van der Waals surface area contributed by atoms with Gasteiger partial charge in [-0.2, -0.15) is 5.10 Å². The molecule has 0 saturated carbocycles. The smallest absolute Gasteiger partial charge is 0.271 e. The van der Waals surface area contributed by atoms with Gasteiger partial charge >= 0.3 is 0 Å². The fraction of sp³-hybridized carbons (Fsp3) is 0.300. The van der Waals surface area contributed by atoms with Crippen LogP contribution >= 0.6 is 27.5 Å². The van der Waals surface area contributed by atoms with Crippen molar-refractivity contribution in [1.29, 1.82) is 0 Å². The first-order valence-electron chi connectivity index (χ1n) is 8.61. The standard InChI is InChI=1S/C20H22BrClN2O2/c1-2-3-4-5-12-26-19-11-8-17(21)13-16(19)14-23-24-20(25)15-6-9-18(22)10-7-15/h6-11,13-14H,2-5,12H2,1H3,(H,24,25)/b23-14+. The summed E-state index contributed by atoms with van der Waals surface area (Å²) in [6.07, 6.45) is 6.18. The Morgan fingerprint density at radius 1 is 1.19 bits per heavy atom. The lowest BCUT2D eigenvalue weighted by Crippen LogP contribution is -2.17. The van der Waals surface area contributed by atoms with E-state index in [1.165, 1.54) is 12.8 Å². The molecule has 138 valence electrons. The van der Waals surface area contributed by atoms with Gasteiger partial charge in [-0.25, -0.2) is 5.43 Å². The number of ether oxygens (including phenoxy) is 1. The summed E-state index contributed by atoms with van der Waals surface area (Å²) < 4.78 is 6.77. The van der Waals surface area contributed by atoms with Crippen molar-refractivity contribution >= 4 is 39.7 Å². The van der Waals surface area contributed by atoms with Gasteiger partial charge in [-0.15, -0.1) is 0 Å². The van der Waals surface area contributed by atoms with Gasteiger partial charge in [-0.05, 0) is 48.9 Å². The maximum Gasteiger partial charge on any atom is 0.271 e. The van der Waals surface area contributed by atoms with Gasteiger partial charge in [0.1, 0.15) is 5.75 Å². The van der Waals surface area contributed by atoms with Gasteiger partial charge in [0, 0.05) is 20.6 Å². The quantitative estimate of drug-likeness (QED) is 0.305. The Morgan fingerprint density at radius 2 is 1.96 bits per heavy atom. The number of carbonyl (C=O) groups is 1. The summed E-state index contributed by atoms with van der Waals surface area (Å²) in [7, 11) is 0. The van der Waals surface area contributed by atoms with Gasteiger partial charge in [-0.1, -0.05) is 53.7 Å². The molecule has 0 heterocycles. The lowest BCUT2D eigenvalue weighted by atomic mass is 10.2. The molecule has 1 N–H and O–H groups in total. The molecule has 0 aliphatic carbocycles. The third kappa shape index (κ3) is 6.81. The topological polar surface area (TPSA) is 50.7 Å². The van der Waals surface area contributed by atoms with E-state index in [-0.39, 0.29) is 5.91 Å². The molecule has 4 nitrogen and oxygen atoms in total. The summed E-state index contributed by atoms with van der Waals surface area (Å²) in [5.41, 5.74) is 3.81. The number of unbranched alkanes of at least 4 members (excludes halogenated alkanes) is 3. The lowest BCUT2D eigenvalue weighted by molar-refractivity contribution is 0.0955. The number of nitrogens with one attached hydrogen (secondary N) is 1. The summed E-state index contributed by atoms with van der Waals surface area (Å²) >= 11 is 9.27. The van der Waals surface area contributed by atoms with E-state index in [2.05, 4.69) is 33.4 Å². The Balaban J connectivity index is 1.96. The molecule has 2 aromatic rings. The molecule has 0 fully saturated rings. The fourth-order valence-electron chi connectivity index (χ4n) is 2.29. The summed E-state index contributed by atoms with van der Waals surface area (Å²) in [5, 5.41) is 4.62. The number of amides is 1. The van der Waals surface area contributed by atoms with E-state index in [0.29, 0.717) is 17.2 Å². The van der Waals surface area contributed by atoms with Crippen LogP contribution in [0.5, 0.6) is 5.75 Å². The number of rotatable bonds is 9. The highest BCUT2D eigenvalue weighted by molar-refractivity contribution is 9.10. The van der Waals surface area contributed by atoms with Gasteiger partial charge in [-0.3, -0.25) is 4.79 Å². The predicted molar refractivity (Wildman–Crippen MR) is 110 cm³/mol. The summed E-state index contributed by atoms with van der Waals surface area (Å²) in [5.74, 6) is 0.448. The Hall–Kier alpha value is -1.85. The van der Waals surface area contributed by atoms with Crippen LogP contribution in [0.3, 0.4) is 0 Å². The number of hydrogen-bond donors (Lipinski definition) is 1. The molecular formula is C20H22BrClN2O2. The maximum atomic E-state index is 12.1. The zero-order valence-corrected chi connectivity index (χ0v) is 17.0. The molecule has 0 aromatic heterocycles. The van der Waals surface area contributed by atoms with Crippen molar-refractivity contribution in [2.24, 2.45) is 5.10 Å². The average Bonchev–Trinajstić information content (AvgIpc) is 2.63. The van der Waals surface area contributed by atoms with Crippen LogP contribution in [-0.2, 0) is 0 Å². The number of carbonyl (C=O) groups excluding carboxylic acids is 1. The number of hydrogen-bond acceptors (Lipinski definition) is 3. The molecule has 0 aliphatic rings. The van der Waals surface area contributed by atoms with Gasteiger partial charge in [0.2, 0.25) is 0 Å². The van der Waals surface area contributed by atoms with Gasteiger partial charge < -0.3 is 4.74 Å². The molecule has 1 amide bonds. The van der Waals surface area contributed by atoms with Crippen molar-refractivity contribution in [3.05, 3.63) is 63.1 Å². The summed E-state index contributed by atoms with van der Waals surface area (Å²) in [4.78, 5) is 12.1. The highest BCUT2D eigenvalue weighted by Crippen LogP contribution is 2.22. The molecule has 2 rings (SSSR count). The molecule has 0 radical (unpaired) electrons. The minimum absolute atomic E-state index is 0.296. The lowest BCUT2D eigenvalue weighted by Gasteiger charge is -2.09. The largest absolute Gasteiger partial charge is 0.493 e. The highest BCUT2D eigenvalue weighted by atomic mass is 79.9. The number of benzene rings is 2. The molecule has 0 spiro atoms. The monoisotopic (exact) mass is 436 g/mol. The van der Waals surface area contributed by atoms with E-state index >= 15 is 0 Å². The first-order chi connectivity index (χ1) is 12.6. The van der Waals surface area contributed by atoms with E-state index in [1.54, 1.807) is 30.5 Å². The second-order valence-corrected chi connectivity index (χ2v) is 7.15. The summed E-state index contributed by atoms with van der Waals surface area (Å²) in [6, 6.07) is 12.4. The molecule has 0 aliphatic heterocycles. The van der Waals surface area contributed by atoms with Gasteiger partial charge in [0.15, 0.2) is 0 Å². The molecule has 6 heteroatoms. The van der Waals surface area contributed by atoms with Crippen LogP contribution < -0.4 is 10.2 Å². The highest BCUT2D eigenvalue weighted by Gasteiger charge is 2.05. The molecule has 26 heavy (non-hydrogen) atoms. The van der Waals surface area contributed by atoms with Crippen LogP contribution in [0.4, 0.5) is 0 Å². The molecule has 0 unspecified atom stereocenters. The predicted octanol–water partition coefficient (Wildman–Crippen LogP) is 5.83. The van der Waals surface area contributed by atoms with Crippen LogP contribution in [0.2, 0.25) is 5.02 Å². The average molecular weight is 438 g/mol. The minimum Gasteiger partial charge on any atom is -0.493 e. The van der Waals surface area contributed by atoms with Crippen LogP contribution in [0.1, 0.15) is 48.5 Å². The van der Waals surface area contributed by atoms with Crippen molar-refractivity contribution in [2.45, 2.75) is 32.6 Å². The molecule has 0 saturated heterocycles. The van der Waals surface area contributed by atoms with Crippen LogP contribution in [0.15, 0.2) is 52.0 Å². The fourth-order valence-corrected chi connectivity index (χ4v) is 2.79. The van der Waals surface area contributed by atoms with E-state index in [0.717, 1.165) is 28.6 Å². The number of hydrazone groups is 1. The second-order valence-electron chi connectivity index (χ2n) is 5.80. The number of nitrogens with zero attached hydrogens (tertiary/aromatic N) is 1. The van der Waals surface area contributed by atoms with Gasteiger partial charge in [0.25, 0.3) is 5.91 Å². The molecule has 0 bridgehead atoms. The van der Waals surface area contributed by atoms with Crippen molar-refractivity contribution in [3.8, 4) is 5.75 Å². The number of halogens is 2. The Labute approximate surface area is 167 Å². The van der Waals surface area contributed by atoms with Crippen molar-refractivity contribution in [1.82, 2.24) is 5.43 Å². The molecule has 0 atom stereocenters. The molecular weight excluding hydrogens is 416 g/mol. The van der Waals surface area contributed by atoms with E-state index < -0.39 is 0 Å². The summed E-state index contributed by atoms with van der Waals surface area (Å²) in [6.45, 7) is 2.85. The normalized spacial score (nSPS) is 10.9. The first-order valence-corrected chi connectivity index (χ1v) is 9.78. The molecule has 2 aromatic carbocycles. The van der Waals surface area contributed by atoms with Crippen LogP contribution in [0, 0.1) is 0 Å². The van der Waals surface area contributed by atoms with Crippen molar-refractivity contribution in [2.75, 3.05) is 6.61 Å². The zero-order chi connectivity index (χ0) is 18.8. The Morgan fingerprint density at radius 3 is 2.69 bits per heavy atom. The van der Waals surface area contributed by atoms with Crippen LogP contribution in [0.25, 0.3) is 0 Å². The third-order valence-electron chi connectivity index (χ3n) is 3.70. The van der Waals surface area contributed by atoms with E-state index in [1.807, 2.05) is 18.2 Å². The van der Waals surface area contributed by atoms with Gasteiger partial charge in [0.05, 0.1) is 12.8 Å². The Kier molecular flexibility index (Phi) is 8.65. The maximum absolute atomic E-state index is 12.1.